The first-order valence-corrected chi connectivity index (χ1v) is 5.75. The molecule has 78 valence electrons. The van der Waals surface area contributed by atoms with Crippen LogP contribution in [0.5, 0.6) is 0 Å². The third-order valence-corrected chi connectivity index (χ3v) is 3.03. The summed E-state index contributed by atoms with van der Waals surface area (Å²) >= 11 is 11.7. The van der Waals surface area contributed by atoms with Gasteiger partial charge in [-0.25, -0.2) is 0 Å². The fraction of sp³-hybridized carbons (Fsp3) is 1.00. The third-order valence-electron chi connectivity index (χ3n) is 2.32. The van der Waals surface area contributed by atoms with Crippen LogP contribution in [-0.2, 0) is 4.74 Å². The van der Waals surface area contributed by atoms with E-state index >= 15 is 0 Å². The van der Waals surface area contributed by atoms with Crippen LogP contribution in [0.15, 0.2) is 0 Å². The number of rotatable bonds is 3. The maximum atomic E-state index is 5.83. The highest BCUT2D eigenvalue weighted by atomic mass is 35.5. The van der Waals surface area contributed by atoms with Gasteiger partial charge in [-0.1, -0.05) is 0 Å². The Morgan fingerprint density at radius 1 is 1.23 bits per heavy atom. The molecule has 1 heterocycles. The first-order chi connectivity index (χ1) is 6.17. The average Bonchev–Trinajstić information content (AvgIpc) is 2.04. The monoisotopic (exact) mass is 225 g/mol. The van der Waals surface area contributed by atoms with Gasteiger partial charge >= 0.3 is 0 Å². The van der Waals surface area contributed by atoms with Crippen molar-refractivity contribution in [2.24, 2.45) is 0 Å². The number of hydrogen-bond donors (Lipinski definition) is 0. The third kappa shape index (κ3) is 3.28. The van der Waals surface area contributed by atoms with E-state index < -0.39 is 0 Å². The first-order valence-electron chi connectivity index (χ1n) is 4.68. The minimum atomic E-state index is 0.289. The SMILES string of the molecule is C[C@@H]1CN(C(CCl)CCl)C[C@H](C)O1. The van der Waals surface area contributed by atoms with Crippen molar-refractivity contribution in [2.75, 3.05) is 24.8 Å². The van der Waals surface area contributed by atoms with Crippen LogP contribution < -0.4 is 0 Å². The van der Waals surface area contributed by atoms with Gasteiger partial charge in [-0.05, 0) is 13.8 Å². The lowest BCUT2D eigenvalue weighted by Gasteiger charge is -2.38. The predicted molar refractivity (Wildman–Crippen MR) is 56.8 cm³/mol. The quantitative estimate of drug-likeness (QED) is 0.682. The number of nitrogens with zero attached hydrogens (tertiary/aromatic N) is 1. The summed E-state index contributed by atoms with van der Waals surface area (Å²) in [6.45, 7) is 6.05. The second-order valence-electron chi connectivity index (χ2n) is 3.67. The summed E-state index contributed by atoms with van der Waals surface area (Å²) < 4.78 is 5.63. The Kier molecular flexibility index (Phi) is 4.81. The molecule has 0 N–H and O–H groups in total. The zero-order chi connectivity index (χ0) is 9.84. The number of ether oxygens (including phenoxy) is 1. The zero-order valence-corrected chi connectivity index (χ0v) is 9.68. The van der Waals surface area contributed by atoms with Crippen molar-refractivity contribution >= 4 is 23.2 Å². The molecule has 13 heavy (non-hydrogen) atoms. The zero-order valence-electron chi connectivity index (χ0n) is 8.17. The predicted octanol–water partition coefficient (Wildman–Crippen LogP) is 1.94. The van der Waals surface area contributed by atoms with E-state index in [0.717, 1.165) is 13.1 Å². The molecule has 0 amide bonds. The van der Waals surface area contributed by atoms with Crippen molar-refractivity contribution < 1.29 is 4.74 Å². The van der Waals surface area contributed by atoms with Crippen LogP contribution >= 0.6 is 23.2 Å². The topological polar surface area (TPSA) is 12.5 Å². The van der Waals surface area contributed by atoms with E-state index in [1.54, 1.807) is 0 Å². The molecule has 1 aliphatic heterocycles. The largest absolute Gasteiger partial charge is 0.373 e. The summed E-state index contributed by atoms with van der Waals surface area (Å²) in [5.41, 5.74) is 0. The molecule has 4 heteroatoms. The Labute approximate surface area is 90.1 Å². The minimum Gasteiger partial charge on any atom is -0.373 e. The fourth-order valence-electron chi connectivity index (χ4n) is 1.75. The number of hydrogen-bond acceptors (Lipinski definition) is 2. The number of morpholine rings is 1. The van der Waals surface area contributed by atoms with Crippen molar-refractivity contribution in [3.63, 3.8) is 0 Å². The highest BCUT2D eigenvalue weighted by molar-refractivity contribution is 6.21. The van der Waals surface area contributed by atoms with Crippen LogP contribution in [-0.4, -0.2) is 48.0 Å². The summed E-state index contributed by atoms with van der Waals surface area (Å²) in [4.78, 5) is 2.32. The maximum absolute atomic E-state index is 5.83. The summed E-state index contributed by atoms with van der Waals surface area (Å²) in [6.07, 6.45) is 0.579. The van der Waals surface area contributed by atoms with Gasteiger partial charge in [0.15, 0.2) is 0 Å². The maximum Gasteiger partial charge on any atom is 0.0678 e. The second-order valence-corrected chi connectivity index (χ2v) is 4.29. The van der Waals surface area contributed by atoms with E-state index in [0.29, 0.717) is 11.8 Å². The number of alkyl halides is 2. The molecule has 0 aromatic rings. The average molecular weight is 226 g/mol. The summed E-state index contributed by atoms with van der Waals surface area (Å²) in [7, 11) is 0. The van der Waals surface area contributed by atoms with Crippen molar-refractivity contribution in [3.8, 4) is 0 Å². The van der Waals surface area contributed by atoms with E-state index in [-0.39, 0.29) is 18.2 Å². The number of halogens is 2. The molecule has 0 radical (unpaired) electrons. The molecule has 1 aliphatic rings. The summed E-state index contributed by atoms with van der Waals surface area (Å²) in [5.74, 6) is 1.20. The molecular weight excluding hydrogens is 209 g/mol. The second kappa shape index (κ2) is 5.40. The lowest BCUT2D eigenvalue weighted by molar-refractivity contribution is -0.0757. The molecule has 0 aromatic heterocycles. The van der Waals surface area contributed by atoms with Crippen LogP contribution in [0.25, 0.3) is 0 Å². The van der Waals surface area contributed by atoms with Gasteiger partial charge in [-0.2, -0.15) is 0 Å². The van der Waals surface area contributed by atoms with E-state index in [2.05, 4.69) is 18.7 Å². The lowest BCUT2D eigenvalue weighted by Crippen LogP contribution is -2.51. The molecule has 0 aliphatic carbocycles. The lowest BCUT2D eigenvalue weighted by atomic mass is 10.2. The molecule has 1 fully saturated rings. The fourth-order valence-corrected chi connectivity index (χ4v) is 2.47. The van der Waals surface area contributed by atoms with Gasteiger partial charge in [0.05, 0.1) is 12.2 Å². The smallest absolute Gasteiger partial charge is 0.0678 e. The Bertz CT molecular complexity index is 143. The van der Waals surface area contributed by atoms with Crippen molar-refractivity contribution in [3.05, 3.63) is 0 Å². The van der Waals surface area contributed by atoms with Crippen LogP contribution in [0.4, 0.5) is 0 Å². The highest BCUT2D eigenvalue weighted by Crippen LogP contribution is 2.15. The van der Waals surface area contributed by atoms with Gasteiger partial charge in [0.25, 0.3) is 0 Å². The molecule has 0 bridgehead atoms. The summed E-state index contributed by atoms with van der Waals surface area (Å²) in [6, 6.07) is 0.289. The van der Waals surface area contributed by atoms with Gasteiger partial charge in [0.1, 0.15) is 0 Å². The molecule has 0 spiro atoms. The van der Waals surface area contributed by atoms with Crippen LogP contribution in [0.2, 0.25) is 0 Å². The van der Waals surface area contributed by atoms with E-state index in [4.69, 9.17) is 27.9 Å². The molecular formula is C9H17Cl2NO. The molecule has 2 atom stereocenters. The molecule has 1 rings (SSSR count). The van der Waals surface area contributed by atoms with Crippen molar-refractivity contribution in [1.82, 2.24) is 4.90 Å². The van der Waals surface area contributed by atoms with Gasteiger partial charge in [-0.15, -0.1) is 23.2 Å². The molecule has 0 unspecified atom stereocenters. The van der Waals surface area contributed by atoms with Crippen LogP contribution in [0, 0.1) is 0 Å². The van der Waals surface area contributed by atoms with Gasteiger partial charge < -0.3 is 4.74 Å². The normalized spacial score (nSPS) is 31.2. The van der Waals surface area contributed by atoms with Gasteiger partial charge in [-0.3, -0.25) is 4.90 Å². The van der Waals surface area contributed by atoms with E-state index in [9.17, 15) is 0 Å². The Hall–Kier alpha value is 0.500. The van der Waals surface area contributed by atoms with Gasteiger partial charge in [0.2, 0.25) is 0 Å². The highest BCUT2D eigenvalue weighted by Gasteiger charge is 2.26. The molecule has 0 saturated carbocycles. The molecule has 1 saturated heterocycles. The molecule has 0 aromatic carbocycles. The van der Waals surface area contributed by atoms with E-state index in [1.807, 2.05) is 0 Å². The van der Waals surface area contributed by atoms with Crippen LogP contribution in [0.1, 0.15) is 13.8 Å². The van der Waals surface area contributed by atoms with E-state index in [1.165, 1.54) is 0 Å². The Morgan fingerprint density at radius 3 is 2.08 bits per heavy atom. The Morgan fingerprint density at radius 2 is 1.69 bits per heavy atom. The minimum absolute atomic E-state index is 0.289. The van der Waals surface area contributed by atoms with Crippen molar-refractivity contribution in [1.29, 1.82) is 0 Å². The van der Waals surface area contributed by atoms with Crippen LogP contribution in [0.3, 0.4) is 0 Å². The van der Waals surface area contributed by atoms with Gasteiger partial charge in [0, 0.05) is 30.9 Å². The van der Waals surface area contributed by atoms with Crippen molar-refractivity contribution in [2.45, 2.75) is 32.1 Å². The first kappa shape index (κ1) is 11.6. The molecule has 2 nitrogen and oxygen atoms in total. The standard InChI is InChI=1S/C9H17Cl2NO/c1-7-5-12(6-8(2)13-7)9(3-10)4-11/h7-9H,3-6H2,1-2H3/t7-,8+. The summed E-state index contributed by atoms with van der Waals surface area (Å²) in [5, 5.41) is 0. The Balaban J connectivity index is 2.48.